The molecule has 0 amide bonds. The van der Waals surface area contributed by atoms with Crippen LogP contribution in [0.3, 0.4) is 0 Å². The highest BCUT2D eigenvalue weighted by Gasteiger charge is 2.26. The molecule has 2 unspecified atom stereocenters. The van der Waals surface area contributed by atoms with Gasteiger partial charge < -0.3 is 10.5 Å². The van der Waals surface area contributed by atoms with Crippen LogP contribution in [0.1, 0.15) is 37.8 Å². The average Bonchev–Trinajstić information content (AvgIpc) is 2.56. The summed E-state index contributed by atoms with van der Waals surface area (Å²) in [6.07, 6.45) is 3.90. The Bertz CT molecular complexity index is 640. The maximum absolute atomic E-state index is 6.13. The third-order valence-corrected chi connectivity index (χ3v) is 4.93. The zero-order valence-electron chi connectivity index (χ0n) is 13.6. The van der Waals surface area contributed by atoms with E-state index in [2.05, 4.69) is 42.2 Å². The molecule has 0 saturated carbocycles. The normalized spacial score (nSPS) is 21.0. The van der Waals surface area contributed by atoms with Crippen molar-refractivity contribution < 1.29 is 4.74 Å². The smallest absolute Gasteiger partial charge is 0.119 e. The number of methoxy groups -OCH3 is 1. The number of hydrogen-bond acceptors (Lipinski definition) is 3. The molecule has 3 heteroatoms. The van der Waals surface area contributed by atoms with Gasteiger partial charge in [-0.25, -0.2) is 0 Å². The van der Waals surface area contributed by atoms with Crippen LogP contribution in [-0.4, -0.2) is 31.1 Å². The van der Waals surface area contributed by atoms with Crippen LogP contribution in [0.4, 0.5) is 0 Å². The Balaban J connectivity index is 1.93. The molecule has 1 heterocycles. The molecule has 0 bridgehead atoms. The van der Waals surface area contributed by atoms with Gasteiger partial charge in [-0.15, -0.1) is 0 Å². The van der Waals surface area contributed by atoms with Crippen LogP contribution in [0.25, 0.3) is 10.8 Å². The fraction of sp³-hybridized carbons (Fsp3) is 0.474. The van der Waals surface area contributed by atoms with Crippen molar-refractivity contribution >= 4 is 10.8 Å². The second-order valence-electron chi connectivity index (χ2n) is 6.31. The number of ether oxygens (including phenoxy) is 1. The first-order valence-electron chi connectivity index (χ1n) is 8.26. The zero-order chi connectivity index (χ0) is 15.5. The molecule has 1 aliphatic rings. The Kier molecular flexibility index (Phi) is 4.65. The minimum atomic E-state index is 0.321. The van der Waals surface area contributed by atoms with Gasteiger partial charge in [0, 0.05) is 18.6 Å². The van der Waals surface area contributed by atoms with E-state index in [0.717, 1.165) is 12.3 Å². The van der Waals surface area contributed by atoms with Crippen molar-refractivity contribution in [2.45, 2.75) is 38.3 Å². The summed E-state index contributed by atoms with van der Waals surface area (Å²) in [6, 6.07) is 13.9. The van der Waals surface area contributed by atoms with Crippen LogP contribution in [0, 0.1) is 0 Å². The second kappa shape index (κ2) is 6.67. The molecule has 2 atom stereocenters. The van der Waals surface area contributed by atoms with E-state index in [9.17, 15) is 0 Å². The number of piperidine rings is 1. The molecule has 1 fully saturated rings. The molecule has 3 nitrogen and oxygen atoms in total. The van der Waals surface area contributed by atoms with E-state index in [4.69, 9.17) is 10.5 Å². The van der Waals surface area contributed by atoms with E-state index in [1.807, 2.05) is 6.07 Å². The van der Waals surface area contributed by atoms with Gasteiger partial charge in [0.15, 0.2) is 0 Å². The van der Waals surface area contributed by atoms with Crippen LogP contribution in [0.2, 0.25) is 0 Å². The lowest BCUT2D eigenvalue weighted by Gasteiger charge is -2.39. The fourth-order valence-electron chi connectivity index (χ4n) is 3.62. The van der Waals surface area contributed by atoms with Crippen molar-refractivity contribution in [3.63, 3.8) is 0 Å². The lowest BCUT2D eigenvalue weighted by molar-refractivity contribution is 0.109. The van der Waals surface area contributed by atoms with Gasteiger partial charge in [0.2, 0.25) is 0 Å². The summed E-state index contributed by atoms with van der Waals surface area (Å²) in [5.74, 6) is 0.903. The summed E-state index contributed by atoms with van der Waals surface area (Å²) < 4.78 is 5.30. The first kappa shape index (κ1) is 15.3. The van der Waals surface area contributed by atoms with E-state index in [1.165, 1.54) is 35.6 Å². The van der Waals surface area contributed by atoms with E-state index in [1.54, 1.807) is 7.11 Å². The maximum atomic E-state index is 6.13. The minimum Gasteiger partial charge on any atom is -0.497 e. The quantitative estimate of drug-likeness (QED) is 0.935. The topological polar surface area (TPSA) is 38.5 Å². The number of fused-ring (bicyclic) bond motifs is 1. The summed E-state index contributed by atoms with van der Waals surface area (Å²) in [6.45, 7) is 4.16. The Morgan fingerprint density at radius 2 is 1.95 bits per heavy atom. The molecule has 2 aromatic rings. The Morgan fingerprint density at radius 3 is 2.68 bits per heavy atom. The molecule has 1 aliphatic heterocycles. The SMILES string of the molecule is COc1ccc2cc(C(CN)N3CCCCC3C)ccc2c1. The zero-order valence-corrected chi connectivity index (χ0v) is 13.6. The minimum absolute atomic E-state index is 0.321. The Morgan fingerprint density at radius 1 is 1.18 bits per heavy atom. The number of hydrogen-bond donors (Lipinski definition) is 1. The molecule has 0 aliphatic carbocycles. The molecule has 2 N–H and O–H groups in total. The predicted octanol–water partition coefficient (Wildman–Crippen LogP) is 3.72. The summed E-state index contributed by atoms with van der Waals surface area (Å²) in [7, 11) is 1.71. The molecular formula is C19H26N2O. The third-order valence-electron chi connectivity index (χ3n) is 4.93. The van der Waals surface area contributed by atoms with Gasteiger partial charge in [0.25, 0.3) is 0 Å². The summed E-state index contributed by atoms with van der Waals surface area (Å²) >= 11 is 0. The van der Waals surface area contributed by atoms with E-state index in [-0.39, 0.29) is 0 Å². The van der Waals surface area contributed by atoms with Crippen molar-refractivity contribution in [2.24, 2.45) is 5.73 Å². The monoisotopic (exact) mass is 298 g/mol. The van der Waals surface area contributed by atoms with E-state index < -0.39 is 0 Å². The highest BCUT2D eigenvalue weighted by molar-refractivity contribution is 5.84. The summed E-state index contributed by atoms with van der Waals surface area (Å²) in [5, 5.41) is 2.46. The van der Waals surface area contributed by atoms with Crippen molar-refractivity contribution in [3.05, 3.63) is 42.0 Å². The van der Waals surface area contributed by atoms with Gasteiger partial charge in [-0.3, -0.25) is 4.90 Å². The molecule has 2 aromatic carbocycles. The van der Waals surface area contributed by atoms with Crippen molar-refractivity contribution in [1.29, 1.82) is 0 Å². The van der Waals surface area contributed by atoms with Gasteiger partial charge >= 0.3 is 0 Å². The molecule has 0 spiro atoms. The second-order valence-corrected chi connectivity index (χ2v) is 6.31. The van der Waals surface area contributed by atoms with Crippen LogP contribution in [-0.2, 0) is 0 Å². The largest absolute Gasteiger partial charge is 0.497 e. The number of nitrogens with two attached hydrogens (primary N) is 1. The van der Waals surface area contributed by atoms with Crippen LogP contribution in [0.15, 0.2) is 36.4 Å². The standard InChI is InChI=1S/C19H26N2O/c1-14-5-3-4-10-21(14)19(13-20)17-7-6-16-12-18(22-2)9-8-15(16)11-17/h6-9,11-12,14,19H,3-5,10,13,20H2,1-2H3. The lowest BCUT2D eigenvalue weighted by Crippen LogP contribution is -2.43. The van der Waals surface area contributed by atoms with E-state index in [0.29, 0.717) is 18.6 Å². The lowest BCUT2D eigenvalue weighted by atomic mass is 9.95. The molecule has 1 saturated heterocycles. The molecule has 0 aromatic heterocycles. The Hall–Kier alpha value is -1.58. The highest BCUT2D eigenvalue weighted by Crippen LogP contribution is 2.30. The first-order valence-corrected chi connectivity index (χ1v) is 8.26. The van der Waals surface area contributed by atoms with E-state index >= 15 is 0 Å². The van der Waals surface area contributed by atoms with Gasteiger partial charge in [0.05, 0.1) is 7.11 Å². The van der Waals surface area contributed by atoms with Gasteiger partial charge in [0.1, 0.15) is 5.75 Å². The highest BCUT2D eigenvalue weighted by atomic mass is 16.5. The average molecular weight is 298 g/mol. The summed E-state index contributed by atoms with van der Waals surface area (Å²) in [5.41, 5.74) is 7.45. The maximum Gasteiger partial charge on any atom is 0.119 e. The molecule has 0 radical (unpaired) electrons. The fourth-order valence-corrected chi connectivity index (χ4v) is 3.62. The van der Waals surface area contributed by atoms with Gasteiger partial charge in [-0.05, 0) is 60.8 Å². The van der Waals surface area contributed by atoms with Crippen LogP contribution >= 0.6 is 0 Å². The first-order chi connectivity index (χ1) is 10.7. The number of rotatable bonds is 4. The number of nitrogens with zero attached hydrogens (tertiary/aromatic N) is 1. The summed E-state index contributed by atoms with van der Waals surface area (Å²) in [4.78, 5) is 2.58. The van der Waals surface area contributed by atoms with Crippen molar-refractivity contribution in [2.75, 3.05) is 20.2 Å². The van der Waals surface area contributed by atoms with Crippen molar-refractivity contribution in [3.8, 4) is 5.75 Å². The molecule has 3 rings (SSSR count). The molecule has 22 heavy (non-hydrogen) atoms. The van der Waals surface area contributed by atoms with Gasteiger partial charge in [-0.1, -0.05) is 24.6 Å². The van der Waals surface area contributed by atoms with Crippen LogP contribution in [0.5, 0.6) is 5.75 Å². The van der Waals surface area contributed by atoms with Crippen molar-refractivity contribution in [1.82, 2.24) is 4.90 Å². The number of likely N-dealkylation sites (tertiary alicyclic amines) is 1. The molecule has 118 valence electrons. The van der Waals surface area contributed by atoms with Gasteiger partial charge in [-0.2, -0.15) is 0 Å². The van der Waals surface area contributed by atoms with Crippen LogP contribution < -0.4 is 10.5 Å². The third kappa shape index (κ3) is 2.96. The Labute approximate surface area is 133 Å². The molecular weight excluding hydrogens is 272 g/mol. The number of benzene rings is 2. The predicted molar refractivity (Wildman–Crippen MR) is 92.3 cm³/mol.